The topological polar surface area (TPSA) is 37.4 Å². The monoisotopic (exact) mass is 445 g/mol. The minimum atomic E-state index is 0.659. The molecule has 4 rings (SSSR count). The van der Waals surface area contributed by atoms with Crippen molar-refractivity contribution in [3.8, 4) is 28.7 Å². The van der Waals surface area contributed by atoms with Crippen LogP contribution >= 0.6 is 11.6 Å². The fraction of sp³-hybridized carbons (Fsp3) is 0.296. The van der Waals surface area contributed by atoms with E-state index >= 15 is 0 Å². The molecule has 2 heterocycles. The number of ether oxygens (including phenoxy) is 1. The summed E-state index contributed by atoms with van der Waals surface area (Å²) in [5.74, 6) is 7.18. The number of hydrogen-bond donors (Lipinski definition) is 1. The van der Waals surface area contributed by atoms with Gasteiger partial charge in [0.05, 0.1) is 0 Å². The first-order chi connectivity index (χ1) is 15.7. The smallest absolute Gasteiger partial charge is 0.119 e. The Morgan fingerprint density at radius 1 is 0.969 bits per heavy atom. The number of rotatable bonds is 6. The lowest BCUT2D eigenvalue weighted by molar-refractivity contribution is 0.165. The number of benzene rings is 2. The molecule has 0 radical (unpaired) electrons. The Labute approximate surface area is 195 Å². The fourth-order valence-corrected chi connectivity index (χ4v) is 3.92. The van der Waals surface area contributed by atoms with Crippen LogP contribution in [0.3, 0.4) is 0 Å². The highest BCUT2D eigenvalue weighted by Crippen LogP contribution is 2.20. The number of piperidine rings is 1. The van der Waals surface area contributed by atoms with Gasteiger partial charge in [-0.15, -0.1) is 0 Å². The Kier molecular flexibility index (Phi) is 7.79. The highest BCUT2D eigenvalue weighted by atomic mass is 35.5. The van der Waals surface area contributed by atoms with Crippen molar-refractivity contribution in [1.82, 2.24) is 15.2 Å². The molecule has 1 N–H and O–H groups in total. The van der Waals surface area contributed by atoms with Crippen molar-refractivity contribution in [3.05, 3.63) is 83.1 Å². The molecule has 1 fully saturated rings. The molecule has 1 saturated heterocycles. The molecule has 0 aliphatic carbocycles. The normalized spacial score (nSPS) is 14.1. The van der Waals surface area contributed by atoms with Crippen molar-refractivity contribution >= 4 is 11.6 Å². The molecular weight excluding hydrogens is 418 g/mol. The zero-order valence-corrected chi connectivity index (χ0v) is 19.1. The van der Waals surface area contributed by atoms with Crippen molar-refractivity contribution in [3.63, 3.8) is 0 Å². The first-order valence-corrected chi connectivity index (χ1v) is 11.4. The molecular formula is C27H28ClN3O. The van der Waals surface area contributed by atoms with Crippen LogP contribution in [0, 0.1) is 11.8 Å². The van der Waals surface area contributed by atoms with E-state index in [0.717, 1.165) is 52.8 Å². The standard InChI is InChI=1S/C27H28ClN3O/c1-31(26-14-16-29-17-15-26)18-19-32-27-12-3-21(4-13-27)2-10-25-11-7-23(20-30-25)22-5-8-24(28)9-6-22/h3-9,11-13,20,26,29H,14-19H2,1H3. The van der Waals surface area contributed by atoms with E-state index in [1.807, 2.05) is 66.9 Å². The maximum absolute atomic E-state index is 5.95. The third-order valence-electron chi connectivity index (χ3n) is 5.78. The Bertz CT molecular complexity index is 1050. The third-order valence-corrected chi connectivity index (χ3v) is 6.03. The molecule has 164 valence electrons. The van der Waals surface area contributed by atoms with Crippen LogP contribution < -0.4 is 10.1 Å². The second-order valence-electron chi connectivity index (χ2n) is 8.02. The molecule has 0 amide bonds. The quantitative estimate of drug-likeness (QED) is 0.549. The summed E-state index contributed by atoms with van der Waals surface area (Å²) in [7, 11) is 2.19. The minimum Gasteiger partial charge on any atom is -0.492 e. The van der Waals surface area contributed by atoms with E-state index in [1.165, 1.54) is 12.8 Å². The van der Waals surface area contributed by atoms with Gasteiger partial charge in [0.25, 0.3) is 0 Å². The lowest BCUT2D eigenvalue weighted by Gasteiger charge is -2.31. The van der Waals surface area contributed by atoms with Crippen molar-refractivity contribution in [2.45, 2.75) is 18.9 Å². The van der Waals surface area contributed by atoms with E-state index in [0.29, 0.717) is 12.6 Å². The van der Waals surface area contributed by atoms with Gasteiger partial charge in [-0.2, -0.15) is 0 Å². The first kappa shape index (κ1) is 22.4. The van der Waals surface area contributed by atoms with Crippen molar-refractivity contribution in [1.29, 1.82) is 0 Å². The number of hydrogen-bond acceptors (Lipinski definition) is 4. The molecule has 5 heteroatoms. The number of pyridine rings is 1. The zero-order valence-electron chi connectivity index (χ0n) is 18.4. The summed E-state index contributed by atoms with van der Waals surface area (Å²) < 4.78 is 5.92. The maximum Gasteiger partial charge on any atom is 0.119 e. The van der Waals surface area contributed by atoms with Crippen molar-refractivity contribution in [2.75, 3.05) is 33.3 Å². The van der Waals surface area contributed by atoms with E-state index in [1.54, 1.807) is 0 Å². The number of aromatic nitrogens is 1. The summed E-state index contributed by atoms with van der Waals surface area (Å²) >= 11 is 5.95. The number of likely N-dealkylation sites (N-methyl/N-ethyl adjacent to an activating group) is 1. The molecule has 1 aromatic heterocycles. The second-order valence-corrected chi connectivity index (χ2v) is 8.46. The van der Waals surface area contributed by atoms with Crippen LogP contribution in [-0.2, 0) is 0 Å². The fourth-order valence-electron chi connectivity index (χ4n) is 3.79. The molecule has 4 nitrogen and oxygen atoms in total. The predicted molar refractivity (Wildman–Crippen MR) is 131 cm³/mol. The van der Waals surface area contributed by atoms with Crippen LogP contribution in [0.1, 0.15) is 24.1 Å². The number of halogens is 1. The van der Waals surface area contributed by atoms with Crippen LogP contribution in [-0.4, -0.2) is 49.2 Å². The lowest BCUT2D eigenvalue weighted by atomic mass is 10.1. The van der Waals surface area contributed by atoms with E-state index in [4.69, 9.17) is 16.3 Å². The molecule has 3 aromatic rings. The molecule has 2 aromatic carbocycles. The SMILES string of the molecule is CN(CCOc1ccc(C#Cc2ccc(-c3ccc(Cl)cc3)cn2)cc1)C1CCNCC1. The molecule has 0 bridgehead atoms. The highest BCUT2D eigenvalue weighted by Gasteiger charge is 2.17. The van der Waals surface area contributed by atoms with Crippen LogP contribution in [0.2, 0.25) is 5.02 Å². The molecule has 0 saturated carbocycles. The molecule has 0 spiro atoms. The van der Waals surface area contributed by atoms with Gasteiger partial charge in [-0.25, -0.2) is 4.98 Å². The van der Waals surface area contributed by atoms with Gasteiger partial charge in [0.1, 0.15) is 18.1 Å². The highest BCUT2D eigenvalue weighted by molar-refractivity contribution is 6.30. The van der Waals surface area contributed by atoms with Gasteiger partial charge in [-0.05, 0) is 86.9 Å². The van der Waals surface area contributed by atoms with Crippen LogP contribution in [0.4, 0.5) is 0 Å². The molecule has 32 heavy (non-hydrogen) atoms. The number of nitrogens with one attached hydrogen (secondary N) is 1. The van der Waals surface area contributed by atoms with Crippen LogP contribution in [0.25, 0.3) is 11.1 Å². The molecule has 0 unspecified atom stereocenters. The van der Waals surface area contributed by atoms with E-state index in [9.17, 15) is 0 Å². The summed E-state index contributed by atoms with van der Waals surface area (Å²) in [6.45, 7) is 3.85. The summed E-state index contributed by atoms with van der Waals surface area (Å²) in [5.41, 5.74) is 3.80. The van der Waals surface area contributed by atoms with Gasteiger partial charge in [0.15, 0.2) is 0 Å². The van der Waals surface area contributed by atoms with Crippen molar-refractivity contribution < 1.29 is 4.74 Å². The third kappa shape index (κ3) is 6.34. The van der Waals surface area contributed by atoms with Gasteiger partial charge in [-0.3, -0.25) is 4.90 Å². The van der Waals surface area contributed by atoms with Crippen LogP contribution in [0.15, 0.2) is 66.9 Å². The maximum atomic E-state index is 5.95. The minimum absolute atomic E-state index is 0.659. The van der Waals surface area contributed by atoms with E-state index in [2.05, 4.69) is 34.1 Å². The average molecular weight is 446 g/mol. The largest absolute Gasteiger partial charge is 0.492 e. The summed E-state index contributed by atoms with van der Waals surface area (Å²) in [4.78, 5) is 6.87. The molecule has 1 aliphatic rings. The van der Waals surface area contributed by atoms with Gasteiger partial charge < -0.3 is 10.1 Å². The zero-order chi connectivity index (χ0) is 22.2. The molecule has 1 aliphatic heterocycles. The van der Waals surface area contributed by atoms with Gasteiger partial charge in [0.2, 0.25) is 0 Å². The number of nitrogens with zero attached hydrogens (tertiary/aromatic N) is 2. The molecule has 0 atom stereocenters. The second kappa shape index (κ2) is 11.2. The van der Waals surface area contributed by atoms with Crippen molar-refractivity contribution in [2.24, 2.45) is 0 Å². The summed E-state index contributed by atoms with van der Waals surface area (Å²) in [6.07, 6.45) is 4.26. The Morgan fingerprint density at radius 2 is 1.69 bits per heavy atom. The van der Waals surface area contributed by atoms with Crippen LogP contribution in [0.5, 0.6) is 5.75 Å². The first-order valence-electron chi connectivity index (χ1n) is 11.1. The van der Waals surface area contributed by atoms with E-state index in [-0.39, 0.29) is 0 Å². The van der Waals surface area contributed by atoms with Gasteiger partial charge in [-0.1, -0.05) is 35.7 Å². The Hall–Kier alpha value is -2.84. The predicted octanol–water partition coefficient (Wildman–Crippen LogP) is 4.86. The lowest BCUT2D eigenvalue weighted by Crippen LogP contribution is -2.42. The van der Waals surface area contributed by atoms with Gasteiger partial charge in [0, 0.05) is 34.9 Å². The summed E-state index contributed by atoms with van der Waals surface area (Å²) in [5, 5.41) is 4.14. The van der Waals surface area contributed by atoms with E-state index < -0.39 is 0 Å². The Balaban J connectivity index is 1.28. The Morgan fingerprint density at radius 3 is 2.38 bits per heavy atom. The van der Waals surface area contributed by atoms with Gasteiger partial charge >= 0.3 is 0 Å². The summed E-state index contributed by atoms with van der Waals surface area (Å²) in [6, 6.07) is 20.3. The average Bonchev–Trinajstić information content (AvgIpc) is 2.85.